The van der Waals surface area contributed by atoms with Crippen LogP contribution < -0.4 is 11.5 Å². The molecule has 0 fully saturated rings. The fraction of sp³-hybridized carbons (Fsp3) is 0. The Morgan fingerprint density at radius 2 is 2.06 bits per heavy atom. The first-order valence-corrected chi connectivity index (χ1v) is 4.65. The van der Waals surface area contributed by atoms with Gasteiger partial charge in [-0.25, -0.2) is 9.97 Å². The third-order valence-electron chi connectivity index (χ3n) is 2.12. The Morgan fingerprint density at radius 3 is 2.75 bits per heavy atom. The Hall–Kier alpha value is -2.43. The van der Waals surface area contributed by atoms with E-state index < -0.39 is 5.91 Å². The highest BCUT2D eigenvalue weighted by Gasteiger charge is 2.04. The summed E-state index contributed by atoms with van der Waals surface area (Å²) < 4.78 is 0. The molecule has 1 heterocycles. The highest BCUT2D eigenvalue weighted by Crippen LogP contribution is 2.18. The molecular formula is C11H10N4O. The molecule has 0 unspecified atom stereocenters. The van der Waals surface area contributed by atoms with Crippen molar-refractivity contribution in [2.45, 2.75) is 0 Å². The SMILES string of the molecule is NC(=O)c1cccc(-c2ccnc(N)n2)c1. The summed E-state index contributed by atoms with van der Waals surface area (Å²) in [5.41, 5.74) is 12.6. The van der Waals surface area contributed by atoms with Gasteiger partial charge in [-0.2, -0.15) is 0 Å². The Kier molecular flexibility index (Phi) is 2.51. The van der Waals surface area contributed by atoms with Gasteiger partial charge in [0.2, 0.25) is 11.9 Å². The number of nitrogens with two attached hydrogens (primary N) is 2. The van der Waals surface area contributed by atoms with Crippen molar-refractivity contribution in [2.24, 2.45) is 5.73 Å². The molecule has 2 rings (SSSR count). The van der Waals surface area contributed by atoms with Crippen LogP contribution in [-0.2, 0) is 0 Å². The lowest BCUT2D eigenvalue weighted by Gasteiger charge is -2.02. The Labute approximate surface area is 92.1 Å². The first kappa shape index (κ1) is 10.1. The van der Waals surface area contributed by atoms with E-state index in [1.165, 1.54) is 0 Å². The van der Waals surface area contributed by atoms with Crippen molar-refractivity contribution in [1.29, 1.82) is 0 Å². The molecule has 0 saturated heterocycles. The molecule has 4 N–H and O–H groups in total. The van der Waals surface area contributed by atoms with Gasteiger partial charge in [0.25, 0.3) is 0 Å². The minimum Gasteiger partial charge on any atom is -0.368 e. The summed E-state index contributed by atoms with van der Waals surface area (Å²) in [6, 6.07) is 8.61. The summed E-state index contributed by atoms with van der Waals surface area (Å²) in [6.07, 6.45) is 1.56. The molecule has 0 bridgehead atoms. The predicted molar refractivity (Wildman–Crippen MR) is 60.4 cm³/mol. The van der Waals surface area contributed by atoms with E-state index in [4.69, 9.17) is 11.5 Å². The number of hydrogen-bond acceptors (Lipinski definition) is 4. The van der Waals surface area contributed by atoms with E-state index in [2.05, 4.69) is 9.97 Å². The van der Waals surface area contributed by atoms with Crippen LogP contribution in [0.1, 0.15) is 10.4 Å². The fourth-order valence-electron chi connectivity index (χ4n) is 1.37. The topological polar surface area (TPSA) is 94.9 Å². The van der Waals surface area contributed by atoms with Crippen molar-refractivity contribution in [1.82, 2.24) is 9.97 Å². The quantitative estimate of drug-likeness (QED) is 0.773. The maximum Gasteiger partial charge on any atom is 0.248 e. The molecule has 0 aliphatic heterocycles. The van der Waals surface area contributed by atoms with Crippen molar-refractivity contribution >= 4 is 11.9 Å². The van der Waals surface area contributed by atoms with Crippen LogP contribution in [0.25, 0.3) is 11.3 Å². The maximum absolute atomic E-state index is 11.0. The van der Waals surface area contributed by atoms with Crippen LogP contribution in [-0.4, -0.2) is 15.9 Å². The number of nitrogen functional groups attached to an aromatic ring is 1. The number of amides is 1. The Bertz CT molecular complexity index is 539. The molecule has 5 nitrogen and oxygen atoms in total. The molecule has 80 valence electrons. The molecule has 0 saturated carbocycles. The number of primary amides is 1. The van der Waals surface area contributed by atoms with Crippen LogP contribution >= 0.6 is 0 Å². The largest absolute Gasteiger partial charge is 0.368 e. The van der Waals surface area contributed by atoms with Gasteiger partial charge in [0, 0.05) is 17.3 Å². The molecule has 0 radical (unpaired) electrons. The molecule has 16 heavy (non-hydrogen) atoms. The minimum absolute atomic E-state index is 0.196. The van der Waals surface area contributed by atoms with Crippen LogP contribution in [0.2, 0.25) is 0 Å². The maximum atomic E-state index is 11.0. The van der Waals surface area contributed by atoms with E-state index in [1.54, 1.807) is 30.5 Å². The van der Waals surface area contributed by atoms with E-state index in [0.717, 1.165) is 5.56 Å². The number of nitrogens with zero attached hydrogens (tertiary/aromatic N) is 2. The van der Waals surface area contributed by atoms with Crippen molar-refractivity contribution < 1.29 is 4.79 Å². The number of carbonyl (C=O) groups excluding carboxylic acids is 1. The van der Waals surface area contributed by atoms with Gasteiger partial charge in [-0.3, -0.25) is 4.79 Å². The zero-order valence-electron chi connectivity index (χ0n) is 8.42. The van der Waals surface area contributed by atoms with Gasteiger partial charge >= 0.3 is 0 Å². The Morgan fingerprint density at radius 1 is 1.25 bits per heavy atom. The van der Waals surface area contributed by atoms with Crippen molar-refractivity contribution in [3.63, 3.8) is 0 Å². The highest BCUT2D eigenvalue weighted by atomic mass is 16.1. The summed E-state index contributed by atoms with van der Waals surface area (Å²) in [5.74, 6) is -0.272. The second kappa shape index (κ2) is 3.98. The monoisotopic (exact) mass is 214 g/mol. The van der Waals surface area contributed by atoms with Crippen molar-refractivity contribution in [3.05, 3.63) is 42.1 Å². The molecule has 1 amide bonds. The summed E-state index contributed by atoms with van der Waals surface area (Å²) in [7, 11) is 0. The first-order chi connectivity index (χ1) is 7.66. The van der Waals surface area contributed by atoms with Gasteiger partial charge in [0.15, 0.2) is 0 Å². The first-order valence-electron chi connectivity index (χ1n) is 4.65. The van der Waals surface area contributed by atoms with Crippen LogP contribution in [0.4, 0.5) is 5.95 Å². The number of aromatic nitrogens is 2. The second-order valence-corrected chi connectivity index (χ2v) is 3.25. The summed E-state index contributed by atoms with van der Waals surface area (Å²) in [5, 5.41) is 0. The third-order valence-corrected chi connectivity index (χ3v) is 2.12. The molecule has 5 heteroatoms. The van der Waals surface area contributed by atoms with Gasteiger partial charge in [-0.05, 0) is 18.2 Å². The van der Waals surface area contributed by atoms with Crippen molar-refractivity contribution in [2.75, 3.05) is 5.73 Å². The van der Waals surface area contributed by atoms with Crippen LogP contribution in [0.15, 0.2) is 36.5 Å². The van der Waals surface area contributed by atoms with Crippen molar-refractivity contribution in [3.8, 4) is 11.3 Å². The van der Waals surface area contributed by atoms with Crippen LogP contribution in [0.3, 0.4) is 0 Å². The van der Waals surface area contributed by atoms with Gasteiger partial charge in [0.1, 0.15) is 0 Å². The summed E-state index contributed by atoms with van der Waals surface area (Å²) >= 11 is 0. The molecule has 0 atom stereocenters. The Balaban J connectivity index is 2.48. The molecule has 0 spiro atoms. The average Bonchev–Trinajstić information content (AvgIpc) is 2.29. The fourth-order valence-corrected chi connectivity index (χ4v) is 1.37. The smallest absolute Gasteiger partial charge is 0.248 e. The van der Waals surface area contributed by atoms with Gasteiger partial charge in [0.05, 0.1) is 5.69 Å². The third kappa shape index (κ3) is 1.98. The molecule has 1 aromatic carbocycles. The van der Waals surface area contributed by atoms with E-state index in [-0.39, 0.29) is 5.95 Å². The number of rotatable bonds is 2. The molecule has 1 aromatic heterocycles. The number of anilines is 1. The van der Waals surface area contributed by atoms with E-state index in [9.17, 15) is 4.79 Å². The number of benzene rings is 1. The summed E-state index contributed by atoms with van der Waals surface area (Å²) in [6.45, 7) is 0. The molecule has 0 aliphatic carbocycles. The average molecular weight is 214 g/mol. The molecule has 2 aromatic rings. The predicted octanol–water partition coefficient (Wildman–Crippen LogP) is 0.825. The lowest BCUT2D eigenvalue weighted by Crippen LogP contribution is -2.10. The van der Waals surface area contributed by atoms with Gasteiger partial charge < -0.3 is 11.5 Å². The lowest BCUT2D eigenvalue weighted by atomic mass is 10.1. The zero-order chi connectivity index (χ0) is 11.5. The lowest BCUT2D eigenvalue weighted by molar-refractivity contribution is 0.100. The number of hydrogen-bond donors (Lipinski definition) is 2. The van der Waals surface area contributed by atoms with Crippen LogP contribution in [0, 0.1) is 0 Å². The second-order valence-electron chi connectivity index (χ2n) is 3.25. The van der Waals surface area contributed by atoms with E-state index in [1.807, 2.05) is 6.07 Å². The van der Waals surface area contributed by atoms with Crippen LogP contribution in [0.5, 0.6) is 0 Å². The summed E-state index contributed by atoms with van der Waals surface area (Å²) in [4.78, 5) is 18.9. The van der Waals surface area contributed by atoms with E-state index >= 15 is 0 Å². The van der Waals surface area contributed by atoms with Gasteiger partial charge in [-0.1, -0.05) is 12.1 Å². The van der Waals surface area contributed by atoms with Gasteiger partial charge in [-0.15, -0.1) is 0 Å². The molecular weight excluding hydrogens is 204 g/mol. The van der Waals surface area contributed by atoms with E-state index in [0.29, 0.717) is 11.3 Å². The standard InChI is InChI=1S/C11H10N4O/c12-10(16)8-3-1-2-7(6-8)9-4-5-14-11(13)15-9/h1-6H,(H2,12,16)(H2,13,14,15). The minimum atomic E-state index is -0.469. The zero-order valence-corrected chi connectivity index (χ0v) is 8.42. The number of carbonyl (C=O) groups is 1. The molecule has 0 aliphatic rings. The highest BCUT2D eigenvalue weighted by molar-refractivity contribution is 5.93. The normalized spacial score (nSPS) is 10.0.